The molecule has 3 heterocycles. The van der Waals surface area contributed by atoms with E-state index in [-0.39, 0.29) is 5.91 Å². The molecule has 0 aliphatic carbocycles. The number of amides is 1. The molecule has 0 N–H and O–H groups in total. The Hall–Kier alpha value is -2.51. The van der Waals surface area contributed by atoms with Crippen LogP contribution in [0.1, 0.15) is 30.4 Å². The summed E-state index contributed by atoms with van der Waals surface area (Å²) in [6, 6.07) is 12.9. The first-order valence-corrected chi connectivity index (χ1v) is 11.9. The van der Waals surface area contributed by atoms with E-state index in [1.54, 1.807) is 6.20 Å². The van der Waals surface area contributed by atoms with Crippen molar-refractivity contribution in [1.29, 1.82) is 0 Å². The summed E-state index contributed by atoms with van der Waals surface area (Å²) in [5, 5.41) is 8.31. The van der Waals surface area contributed by atoms with E-state index in [1.165, 1.54) is 11.1 Å². The van der Waals surface area contributed by atoms with Crippen LogP contribution in [0.4, 0.5) is 5.82 Å². The fourth-order valence-corrected chi connectivity index (χ4v) is 4.94. The molecule has 0 bridgehead atoms. The van der Waals surface area contributed by atoms with Gasteiger partial charge in [-0.1, -0.05) is 24.3 Å². The number of benzene rings is 1. The van der Waals surface area contributed by atoms with E-state index >= 15 is 0 Å². The van der Waals surface area contributed by atoms with Crippen LogP contribution in [0, 0.1) is 6.92 Å². The number of likely N-dealkylation sites (N-methyl/N-ethyl adjacent to an activating group) is 1. The number of hydrogen-bond donors (Lipinski definition) is 0. The van der Waals surface area contributed by atoms with Gasteiger partial charge in [-0.3, -0.25) is 14.6 Å². The van der Waals surface area contributed by atoms with E-state index in [9.17, 15) is 4.79 Å². The lowest BCUT2D eigenvalue weighted by atomic mass is 10.1. The average Bonchev–Trinajstić information content (AvgIpc) is 3.12. The van der Waals surface area contributed by atoms with Crippen LogP contribution in [0.3, 0.4) is 0 Å². The zero-order valence-electron chi connectivity index (χ0n) is 19.5. The molecule has 1 atom stereocenters. The maximum atomic E-state index is 13.0. The minimum atomic E-state index is 0.245. The number of anilines is 1. The molecule has 2 aliphatic heterocycles. The second-order valence-corrected chi connectivity index (χ2v) is 9.21. The molecular weight excluding hydrogens is 400 g/mol. The van der Waals surface area contributed by atoms with Crippen molar-refractivity contribution in [2.45, 2.75) is 38.8 Å². The van der Waals surface area contributed by atoms with Crippen LogP contribution in [0.2, 0.25) is 0 Å². The van der Waals surface area contributed by atoms with E-state index < -0.39 is 0 Å². The second kappa shape index (κ2) is 10.9. The molecule has 172 valence electrons. The summed E-state index contributed by atoms with van der Waals surface area (Å²) in [4.78, 5) is 22.1. The zero-order chi connectivity index (χ0) is 22.3. The van der Waals surface area contributed by atoms with Gasteiger partial charge in [0, 0.05) is 58.1 Å². The van der Waals surface area contributed by atoms with Gasteiger partial charge in [0.25, 0.3) is 0 Å². The molecule has 2 aliphatic rings. The summed E-state index contributed by atoms with van der Waals surface area (Å²) in [5.74, 6) is 1.19. The number of carbonyl (C=O) groups excluding carboxylic acids is 1. The largest absolute Gasteiger partial charge is 0.351 e. The van der Waals surface area contributed by atoms with Crippen molar-refractivity contribution in [3.63, 3.8) is 0 Å². The number of nitrogens with zero attached hydrogens (tertiary/aromatic N) is 6. The summed E-state index contributed by atoms with van der Waals surface area (Å²) in [6.07, 6.45) is 5.03. The van der Waals surface area contributed by atoms with Gasteiger partial charge in [0.15, 0.2) is 5.82 Å². The normalized spacial score (nSPS) is 20.0. The van der Waals surface area contributed by atoms with E-state index in [2.05, 4.69) is 68.0 Å². The molecule has 2 saturated heterocycles. The number of aryl methyl sites for hydroxylation is 1. The first-order valence-electron chi connectivity index (χ1n) is 11.9. The lowest BCUT2D eigenvalue weighted by Gasteiger charge is -2.30. The van der Waals surface area contributed by atoms with Gasteiger partial charge in [0.2, 0.25) is 5.91 Å². The van der Waals surface area contributed by atoms with Crippen molar-refractivity contribution in [3.8, 4) is 0 Å². The Morgan fingerprint density at radius 3 is 2.75 bits per heavy atom. The molecule has 1 aromatic carbocycles. The standard InChI is InChI=1S/C25H36N6O/c1-21-8-3-4-9-22(21)18-29-13-7-14-30(17-16-29)25(32)20-28(2)19-23-10-6-15-31(23)24-11-5-12-26-27-24/h3-5,8-9,11-12,23H,6-7,10,13-20H2,1-2H3. The number of hydrogen-bond acceptors (Lipinski definition) is 6. The summed E-state index contributed by atoms with van der Waals surface area (Å²) in [6.45, 7) is 9.14. The van der Waals surface area contributed by atoms with Crippen molar-refractivity contribution >= 4 is 11.7 Å². The molecule has 0 spiro atoms. The van der Waals surface area contributed by atoms with Crippen molar-refractivity contribution in [2.24, 2.45) is 0 Å². The Morgan fingerprint density at radius 2 is 1.94 bits per heavy atom. The number of rotatable bonds is 7. The van der Waals surface area contributed by atoms with Crippen molar-refractivity contribution < 1.29 is 4.79 Å². The molecule has 32 heavy (non-hydrogen) atoms. The Balaban J connectivity index is 1.26. The SMILES string of the molecule is Cc1ccccc1CN1CCCN(C(=O)CN(C)CC2CCCN2c2cccnn2)CC1. The highest BCUT2D eigenvalue weighted by Gasteiger charge is 2.28. The minimum absolute atomic E-state index is 0.245. The lowest BCUT2D eigenvalue weighted by molar-refractivity contribution is -0.132. The smallest absolute Gasteiger partial charge is 0.236 e. The molecule has 7 nitrogen and oxygen atoms in total. The van der Waals surface area contributed by atoms with E-state index in [0.717, 1.165) is 70.9 Å². The Labute approximate surface area is 192 Å². The molecule has 1 aromatic heterocycles. The average molecular weight is 437 g/mol. The molecule has 1 unspecified atom stereocenters. The van der Waals surface area contributed by atoms with Crippen molar-refractivity contribution in [2.75, 3.05) is 57.8 Å². The summed E-state index contributed by atoms with van der Waals surface area (Å²) < 4.78 is 0. The quantitative estimate of drug-likeness (QED) is 0.665. The first kappa shape index (κ1) is 22.7. The monoisotopic (exact) mass is 436 g/mol. The van der Waals surface area contributed by atoms with Crippen LogP contribution < -0.4 is 4.90 Å². The van der Waals surface area contributed by atoms with Gasteiger partial charge in [-0.2, -0.15) is 5.10 Å². The van der Waals surface area contributed by atoms with E-state index in [4.69, 9.17) is 0 Å². The summed E-state index contributed by atoms with van der Waals surface area (Å²) in [7, 11) is 2.06. The highest BCUT2D eigenvalue weighted by Crippen LogP contribution is 2.23. The predicted molar refractivity (Wildman–Crippen MR) is 128 cm³/mol. The van der Waals surface area contributed by atoms with Gasteiger partial charge in [-0.15, -0.1) is 5.10 Å². The number of aromatic nitrogens is 2. The summed E-state index contributed by atoms with van der Waals surface area (Å²) >= 11 is 0. The van der Waals surface area contributed by atoms with Crippen LogP contribution in [0.5, 0.6) is 0 Å². The molecule has 2 fully saturated rings. The fraction of sp³-hybridized carbons (Fsp3) is 0.560. The van der Waals surface area contributed by atoms with Gasteiger partial charge in [0.05, 0.1) is 6.54 Å². The fourth-order valence-electron chi connectivity index (χ4n) is 4.94. The van der Waals surface area contributed by atoms with Crippen LogP contribution in [-0.4, -0.2) is 89.7 Å². The third kappa shape index (κ3) is 5.84. The van der Waals surface area contributed by atoms with E-state index in [0.29, 0.717) is 12.6 Å². The maximum absolute atomic E-state index is 13.0. The topological polar surface area (TPSA) is 55.8 Å². The van der Waals surface area contributed by atoms with Gasteiger partial charge in [-0.25, -0.2) is 0 Å². The Bertz CT molecular complexity index is 876. The highest BCUT2D eigenvalue weighted by molar-refractivity contribution is 5.78. The Kier molecular flexibility index (Phi) is 7.71. The zero-order valence-corrected chi connectivity index (χ0v) is 19.5. The van der Waals surface area contributed by atoms with Crippen LogP contribution >= 0.6 is 0 Å². The Morgan fingerprint density at radius 1 is 1.06 bits per heavy atom. The summed E-state index contributed by atoms with van der Waals surface area (Å²) in [5.41, 5.74) is 2.73. The van der Waals surface area contributed by atoms with Crippen molar-refractivity contribution in [3.05, 3.63) is 53.7 Å². The maximum Gasteiger partial charge on any atom is 0.236 e. The first-order chi connectivity index (χ1) is 15.6. The van der Waals surface area contributed by atoms with Crippen molar-refractivity contribution in [1.82, 2.24) is 24.9 Å². The van der Waals surface area contributed by atoms with Crippen LogP contribution in [0.25, 0.3) is 0 Å². The molecular formula is C25H36N6O. The van der Waals surface area contributed by atoms with E-state index in [1.807, 2.05) is 12.1 Å². The van der Waals surface area contributed by atoms with Crippen LogP contribution in [-0.2, 0) is 11.3 Å². The third-order valence-corrected chi connectivity index (χ3v) is 6.75. The second-order valence-electron chi connectivity index (χ2n) is 9.21. The molecule has 0 saturated carbocycles. The molecule has 4 rings (SSSR count). The van der Waals surface area contributed by atoms with Gasteiger partial charge in [-0.05, 0) is 56.5 Å². The predicted octanol–water partition coefficient (Wildman–Crippen LogP) is 2.42. The molecule has 1 amide bonds. The third-order valence-electron chi connectivity index (χ3n) is 6.75. The lowest BCUT2D eigenvalue weighted by Crippen LogP contribution is -2.45. The molecule has 0 radical (unpaired) electrons. The molecule has 2 aromatic rings. The number of carbonyl (C=O) groups is 1. The van der Waals surface area contributed by atoms with Gasteiger partial charge >= 0.3 is 0 Å². The minimum Gasteiger partial charge on any atom is -0.351 e. The van der Waals surface area contributed by atoms with Crippen LogP contribution in [0.15, 0.2) is 42.6 Å². The molecule has 7 heteroatoms. The van der Waals surface area contributed by atoms with Gasteiger partial charge in [0.1, 0.15) is 0 Å². The highest BCUT2D eigenvalue weighted by atomic mass is 16.2. The van der Waals surface area contributed by atoms with Gasteiger partial charge < -0.3 is 9.80 Å².